The predicted octanol–water partition coefficient (Wildman–Crippen LogP) is 2.91. The van der Waals surface area contributed by atoms with Gasteiger partial charge in [0.15, 0.2) is 0 Å². The molecule has 0 fully saturated rings. The van der Waals surface area contributed by atoms with Gasteiger partial charge >= 0.3 is 5.97 Å². The van der Waals surface area contributed by atoms with Crippen LogP contribution < -0.4 is 5.32 Å². The first kappa shape index (κ1) is 14.7. The SMILES string of the molecule is CCOC(=O)CCNC(C)c1cc(C)cc(C)c1. The zero-order valence-corrected chi connectivity index (χ0v) is 11.7. The average molecular weight is 249 g/mol. The molecule has 0 amide bonds. The van der Waals surface area contributed by atoms with Crippen LogP contribution in [0.1, 0.15) is 43.0 Å². The van der Waals surface area contributed by atoms with Gasteiger partial charge < -0.3 is 10.1 Å². The molecule has 0 saturated heterocycles. The number of esters is 1. The van der Waals surface area contributed by atoms with Gasteiger partial charge in [0.1, 0.15) is 0 Å². The van der Waals surface area contributed by atoms with E-state index in [0.29, 0.717) is 19.6 Å². The van der Waals surface area contributed by atoms with Crippen LogP contribution in [0.15, 0.2) is 18.2 Å². The summed E-state index contributed by atoms with van der Waals surface area (Å²) in [5, 5.41) is 3.34. The summed E-state index contributed by atoms with van der Waals surface area (Å²) in [6.45, 7) is 9.23. The summed E-state index contributed by atoms with van der Waals surface area (Å²) in [5.41, 5.74) is 3.80. The summed E-state index contributed by atoms with van der Waals surface area (Å²) in [7, 11) is 0. The third kappa shape index (κ3) is 4.88. The van der Waals surface area contributed by atoms with Crippen LogP contribution in [-0.2, 0) is 9.53 Å². The first-order chi connectivity index (χ1) is 8.52. The number of carbonyl (C=O) groups is 1. The molecule has 1 atom stereocenters. The van der Waals surface area contributed by atoms with Crippen molar-refractivity contribution in [1.82, 2.24) is 5.32 Å². The van der Waals surface area contributed by atoms with E-state index in [1.165, 1.54) is 16.7 Å². The normalized spacial score (nSPS) is 12.2. The van der Waals surface area contributed by atoms with Crippen LogP contribution in [0.4, 0.5) is 0 Å². The minimum Gasteiger partial charge on any atom is -0.466 e. The fourth-order valence-electron chi connectivity index (χ4n) is 2.00. The highest BCUT2D eigenvalue weighted by Crippen LogP contribution is 2.16. The van der Waals surface area contributed by atoms with E-state index in [-0.39, 0.29) is 12.0 Å². The van der Waals surface area contributed by atoms with E-state index in [1.807, 2.05) is 6.92 Å². The fourth-order valence-corrected chi connectivity index (χ4v) is 2.00. The standard InChI is InChI=1S/C15H23NO2/c1-5-18-15(17)6-7-16-13(4)14-9-11(2)8-12(3)10-14/h8-10,13,16H,5-7H2,1-4H3. The van der Waals surface area contributed by atoms with Crippen LogP contribution in [0.5, 0.6) is 0 Å². The van der Waals surface area contributed by atoms with E-state index in [9.17, 15) is 4.79 Å². The largest absolute Gasteiger partial charge is 0.466 e. The van der Waals surface area contributed by atoms with Gasteiger partial charge in [-0.2, -0.15) is 0 Å². The van der Waals surface area contributed by atoms with E-state index >= 15 is 0 Å². The molecule has 1 aromatic carbocycles. The maximum absolute atomic E-state index is 11.2. The second-order valence-electron chi connectivity index (χ2n) is 4.65. The molecule has 18 heavy (non-hydrogen) atoms. The van der Waals surface area contributed by atoms with E-state index in [2.05, 4.69) is 44.3 Å². The number of aryl methyl sites for hydroxylation is 2. The van der Waals surface area contributed by atoms with Gasteiger partial charge in [0.05, 0.1) is 13.0 Å². The summed E-state index contributed by atoms with van der Waals surface area (Å²) < 4.78 is 4.89. The molecule has 0 bridgehead atoms. The van der Waals surface area contributed by atoms with Crippen molar-refractivity contribution in [2.45, 2.75) is 40.2 Å². The average Bonchev–Trinajstić information content (AvgIpc) is 2.27. The molecule has 0 saturated carbocycles. The first-order valence-corrected chi connectivity index (χ1v) is 6.50. The molecule has 0 aliphatic rings. The van der Waals surface area contributed by atoms with Gasteiger partial charge in [-0.1, -0.05) is 29.3 Å². The minimum absolute atomic E-state index is 0.141. The van der Waals surface area contributed by atoms with Crippen molar-refractivity contribution in [3.8, 4) is 0 Å². The summed E-state index contributed by atoms with van der Waals surface area (Å²) in [5.74, 6) is -0.141. The highest BCUT2D eigenvalue weighted by atomic mass is 16.5. The predicted molar refractivity (Wildman–Crippen MR) is 73.6 cm³/mol. The highest BCUT2D eigenvalue weighted by molar-refractivity contribution is 5.69. The van der Waals surface area contributed by atoms with Gasteiger partial charge in [0.2, 0.25) is 0 Å². The van der Waals surface area contributed by atoms with Crippen LogP contribution in [0.3, 0.4) is 0 Å². The number of ether oxygens (including phenoxy) is 1. The molecule has 0 radical (unpaired) electrons. The quantitative estimate of drug-likeness (QED) is 0.788. The van der Waals surface area contributed by atoms with Crippen LogP contribution in [0.2, 0.25) is 0 Å². The van der Waals surface area contributed by atoms with Crippen LogP contribution >= 0.6 is 0 Å². The zero-order chi connectivity index (χ0) is 13.5. The molecule has 3 nitrogen and oxygen atoms in total. The van der Waals surface area contributed by atoms with Gasteiger partial charge in [0, 0.05) is 12.6 Å². The fraction of sp³-hybridized carbons (Fsp3) is 0.533. The van der Waals surface area contributed by atoms with Crippen molar-refractivity contribution in [1.29, 1.82) is 0 Å². The maximum atomic E-state index is 11.2. The number of rotatable bonds is 6. The first-order valence-electron chi connectivity index (χ1n) is 6.50. The lowest BCUT2D eigenvalue weighted by molar-refractivity contribution is -0.143. The molecule has 0 heterocycles. The second-order valence-corrected chi connectivity index (χ2v) is 4.65. The molecule has 1 N–H and O–H groups in total. The third-order valence-corrected chi connectivity index (χ3v) is 2.83. The third-order valence-electron chi connectivity index (χ3n) is 2.83. The van der Waals surface area contributed by atoms with Crippen LogP contribution in [0.25, 0.3) is 0 Å². The molecule has 0 spiro atoms. The molecule has 3 heteroatoms. The molecule has 100 valence electrons. The highest BCUT2D eigenvalue weighted by Gasteiger charge is 2.07. The van der Waals surface area contributed by atoms with Gasteiger partial charge in [-0.05, 0) is 33.3 Å². The van der Waals surface area contributed by atoms with Crippen molar-refractivity contribution >= 4 is 5.97 Å². The van der Waals surface area contributed by atoms with E-state index in [0.717, 1.165) is 0 Å². The Bertz CT molecular complexity index is 381. The monoisotopic (exact) mass is 249 g/mol. The number of hydrogen-bond acceptors (Lipinski definition) is 3. The number of benzene rings is 1. The Balaban J connectivity index is 2.45. The lowest BCUT2D eigenvalue weighted by atomic mass is 10.0. The van der Waals surface area contributed by atoms with Crippen molar-refractivity contribution < 1.29 is 9.53 Å². The van der Waals surface area contributed by atoms with E-state index < -0.39 is 0 Å². The molecule has 0 aliphatic carbocycles. The van der Waals surface area contributed by atoms with E-state index in [1.54, 1.807) is 0 Å². The Labute approximate surface area is 110 Å². The molecular weight excluding hydrogens is 226 g/mol. The Kier molecular flexibility index (Phi) is 5.86. The van der Waals surface area contributed by atoms with Crippen molar-refractivity contribution in [3.05, 3.63) is 34.9 Å². The Morgan fingerprint density at radius 3 is 2.44 bits per heavy atom. The number of carbonyl (C=O) groups excluding carboxylic acids is 1. The van der Waals surface area contributed by atoms with Crippen LogP contribution in [-0.4, -0.2) is 19.1 Å². The number of hydrogen-bond donors (Lipinski definition) is 1. The lowest BCUT2D eigenvalue weighted by Crippen LogP contribution is -2.22. The zero-order valence-electron chi connectivity index (χ0n) is 11.7. The lowest BCUT2D eigenvalue weighted by Gasteiger charge is -2.15. The smallest absolute Gasteiger partial charge is 0.307 e. The minimum atomic E-state index is -0.141. The topological polar surface area (TPSA) is 38.3 Å². The van der Waals surface area contributed by atoms with E-state index in [4.69, 9.17) is 4.74 Å². The van der Waals surface area contributed by atoms with Gasteiger partial charge in [0.25, 0.3) is 0 Å². The van der Waals surface area contributed by atoms with Crippen molar-refractivity contribution in [2.75, 3.05) is 13.2 Å². The summed E-state index contributed by atoms with van der Waals surface area (Å²) in [6, 6.07) is 6.76. The molecular formula is C15H23NO2. The van der Waals surface area contributed by atoms with Crippen molar-refractivity contribution in [2.24, 2.45) is 0 Å². The Hall–Kier alpha value is -1.35. The van der Waals surface area contributed by atoms with Crippen LogP contribution in [0, 0.1) is 13.8 Å². The summed E-state index contributed by atoms with van der Waals surface area (Å²) >= 11 is 0. The van der Waals surface area contributed by atoms with Gasteiger partial charge in [-0.25, -0.2) is 0 Å². The van der Waals surface area contributed by atoms with Gasteiger partial charge in [-0.15, -0.1) is 0 Å². The molecule has 1 aromatic rings. The maximum Gasteiger partial charge on any atom is 0.307 e. The molecule has 0 aromatic heterocycles. The summed E-state index contributed by atoms with van der Waals surface area (Å²) in [4.78, 5) is 11.2. The molecule has 1 unspecified atom stereocenters. The van der Waals surface area contributed by atoms with Crippen molar-refractivity contribution in [3.63, 3.8) is 0 Å². The molecule has 0 aliphatic heterocycles. The molecule has 1 rings (SSSR count). The Morgan fingerprint density at radius 1 is 1.28 bits per heavy atom. The second kappa shape index (κ2) is 7.17. The number of nitrogens with one attached hydrogen (secondary N) is 1. The Morgan fingerprint density at radius 2 is 1.89 bits per heavy atom. The summed E-state index contributed by atoms with van der Waals surface area (Å²) in [6.07, 6.45) is 0.420. The van der Waals surface area contributed by atoms with Gasteiger partial charge in [-0.3, -0.25) is 4.79 Å².